The summed E-state index contributed by atoms with van der Waals surface area (Å²) in [7, 11) is 3.15. The fourth-order valence-corrected chi connectivity index (χ4v) is 4.54. The Morgan fingerprint density at radius 3 is 2.43 bits per heavy atom. The van der Waals surface area contributed by atoms with Gasteiger partial charge in [0.05, 0.1) is 14.2 Å². The molecule has 2 aromatic rings. The average molecular weight is 414 g/mol. The van der Waals surface area contributed by atoms with Crippen LogP contribution in [-0.2, 0) is 13.0 Å². The smallest absolute Gasteiger partial charge is 0.261 e. The van der Waals surface area contributed by atoms with E-state index in [9.17, 15) is 4.79 Å². The van der Waals surface area contributed by atoms with Crippen LogP contribution in [0.15, 0.2) is 18.2 Å². The van der Waals surface area contributed by atoms with Gasteiger partial charge < -0.3 is 23.8 Å². The van der Waals surface area contributed by atoms with E-state index >= 15 is 0 Å². The van der Waals surface area contributed by atoms with Crippen molar-refractivity contribution < 1.29 is 14.3 Å². The highest BCUT2D eigenvalue weighted by atomic mass is 16.5. The Morgan fingerprint density at radius 1 is 1.07 bits per heavy atom. The maximum Gasteiger partial charge on any atom is 0.261 e. The van der Waals surface area contributed by atoms with Crippen LogP contribution in [-0.4, -0.2) is 76.9 Å². The van der Waals surface area contributed by atoms with Gasteiger partial charge in [0.25, 0.3) is 5.91 Å². The van der Waals surface area contributed by atoms with Crippen LogP contribution in [0.5, 0.6) is 11.5 Å². The van der Waals surface area contributed by atoms with Crippen molar-refractivity contribution in [2.75, 3.05) is 40.4 Å². The third-order valence-corrected chi connectivity index (χ3v) is 6.30. The van der Waals surface area contributed by atoms with Gasteiger partial charge in [-0.1, -0.05) is 6.07 Å². The number of hydrogen-bond donors (Lipinski definition) is 0. The van der Waals surface area contributed by atoms with Crippen molar-refractivity contribution in [2.24, 2.45) is 0 Å². The van der Waals surface area contributed by atoms with Crippen LogP contribution >= 0.6 is 0 Å². The predicted molar refractivity (Wildman–Crippen MR) is 113 cm³/mol. The molecule has 0 aliphatic carbocycles. The second-order valence-corrected chi connectivity index (χ2v) is 8.28. The summed E-state index contributed by atoms with van der Waals surface area (Å²) in [5, 5.41) is 9.01. The maximum atomic E-state index is 13.4. The number of likely N-dealkylation sites (tertiary alicyclic amines) is 1. The third-order valence-electron chi connectivity index (χ3n) is 6.30. The SMILES string of the molecule is COc1cccc(OC)c1C(=O)N1CCc2nnc(C3CCN(C(C)C)C3)n2CC1. The number of amides is 1. The number of nitrogens with zero attached hydrogens (tertiary/aromatic N) is 5. The van der Waals surface area contributed by atoms with E-state index in [1.165, 1.54) is 0 Å². The standard InChI is InChI=1S/C22H31N5O3/c1-15(2)26-10-8-16(14-26)21-24-23-19-9-11-25(12-13-27(19)21)22(28)20-17(29-3)6-5-7-18(20)30-4/h5-7,15-16H,8-14H2,1-4H3. The van der Waals surface area contributed by atoms with Crippen LogP contribution in [0.2, 0.25) is 0 Å². The summed E-state index contributed by atoms with van der Waals surface area (Å²) in [5.74, 6) is 3.43. The number of carbonyl (C=O) groups is 1. The van der Waals surface area contributed by atoms with E-state index in [0.717, 1.165) is 31.2 Å². The van der Waals surface area contributed by atoms with Gasteiger partial charge in [-0.25, -0.2) is 0 Å². The van der Waals surface area contributed by atoms with Crippen LogP contribution in [0.3, 0.4) is 0 Å². The minimum Gasteiger partial charge on any atom is -0.496 e. The largest absolute Gasteiger partial charge is 0.496 e. The zero-order valence-corrected chi connectivity index (χ0v) is 18.3. The second-order valence-electron chi connectivity index (χ2n) is 8.28. The molecule has 0 spiro atoms. The number of aromatic nitrogens is 3. The lowest BCUT2D eigenvalue weighted by Crippen LogP contribution is -2.34. The molecule has 0 saturated carbocycles. The van der Waals surface area contributed by atoms with Gasteiger partial charge in [-0.3, -0.25) is 4.79 Å². The quantitative estimate of drug-likeness (QED) is 0.748. The molecule has 3 heterocycles. The van der Waals surface area contributed by atoms with Gasteiger partial charge in [-0.05, 0) is 38.9 Å². The van der Waals surface area contributed by atoms with E-state index in [1.807, 2.05) is 11.0 Å². The number of carbonyl (C=O) groups excluding carboxylic acids is 1. The van der Waals surface area contributed by atoms with Crippen molar-refractivity contribution in [3.8, 4) is 11.5 Å². The fraction of sp³-hybridized carbons (Fsp3) is 0.591. The Morgan fingerprint density at radius 2 is 1.80 bits per heavy atom. The first-order valence-corrected chi connectivity index (χ1v) is 10.7. The lowest BCUT2D eigenvalue weighted by molar-refractivity contribution is 0.0751. The zero-order valence-electron chi connectivity index (χ0n) is 18.3. The van der Waals surface area contributed by atoms with Crippen molar-refractivity contribution in [1.29, 1.82) is 0 Å². The molecule has 8 heteroatoms. The molecule has 0 bridgehead atoms. The van der Waals surface area contributed by atoms with Crippen LogP contribution in [0.1, 0.15) is 48.2 Å². The van der Waals surface area contributed by atoms with Gasteiger partial charge in [-0.2, -0.15) is 0 Å². The summed E-state index contributed by atoms with van der Waals surface area (Å²) in [6.07, 6.45) is 1.80. The van der Waals surface area contributed by atoms with E-state index in [1.54, 1.807) is 26.4 Å². The molecule has 4 rings (SSSR count). The number of rotatable bonds is 5. The molecule has 2 aliphatic rings. The van der Waals surface area contributed by atoms with Gasteiger partial charge in [-0.15, -0.1) is 10.2 Å². The van der Waals surface area contributed by atoms with Crippen molar-refractivity contribution in [3.63, 3.8) is 0 Å². The van der Waals surface area contributed by atoms with Crippen LogP contribution in [0, 0.1) is 0 Å². The van der Waals surface area contributed by atoms with Crippen molar-refractivity contribution in [2.45, 2.75) is 45.2 Å². The van der Waals surface area contributed by atoms with Crippen molar-refractivity contribution in [3.05, 3.63) is 35.4 Å². The Labute approximate surface area is 177 Å². The van der Waals surface area contributed by atoms with Gasteiger partial charge in [0.2, 0.25) is 0 Å². The predicted octanol–water partition coefficient (Wildman–Crippen LogP) is 2.19. The summed E-state index contributed by atoms with van der Waals surface area (Å²) in [6.45, 7) is 8.52. The van der Waals surface area contributed by atoms with Crippen LogP contribution in [0.25, 0.3) is 0 Å². The normalized spacial score (nSPS) is 19.6. The lowest BCUT2D eigenvalue weighted by Gasteiger charge is -2.23. The Bertz CT molecular complexity index is 888. The molecular formula is C22H31N5O3. The van der Waals surface area contributed by atoms with E-state index in [-0.39, 0.29) is 5.91 Å². The van der Waals surface area contributed by atoms with Crippen molar-refractivity contribution in [1.82, 2.24) is 24.6 Å². The highest BCUT2D eigenvalue weighted by Crippen LogP contribution is 2.31. The molecule has 1 unspecified atom stereocenters. The van der Waals surface area contributed by atoms with E-state index in [2.05, 4.69) is 33.5 Å². The summed E-state index contributed by atoms with van der Waals surface area (Å²) in [6, 6.07) is 5.96. The molecule has 2 aliphatic heterocycles. The number of ether oxygens (including phenoxy) is 2. The topological polar surface area (TPSA) is 72.7 Å². The molecular weight excluding hydrogens is 382 g/mol. The average Bonchev–Trinajstić information content (AvgIpc) is 3.35. The Kier molecular flexibility index (Phi) is 5.94. The molecule has 1 amide bonds. The molecule has 1 fully saturated rings. The van der Waals surface area contributed by atoms with E-state index in [0.29, 0.717) is 55.1 Å². The summed E-state index contributed by atoms with van der Waals surface area (Å²) in [5.41, 5.74) is 0.476. The molecule has 8 nitrogen and oxygen atoms in total. The lowest BCUT2D eigenvalue weighted by atomic mass is 10.1. The maximum absolute atomic E-state index is 13.4. The first-order valence-electron chi connectivity index (χ1n) is 10.7. The monoisotopic (exact) mass is 413 g/mol. The minimum absolute atomic E-state index is 0.0728. The number of methoxy groups -OCH3 is 2. The number of hydrogen-bond acceptors (Lipinski definition) is 6. The molecule has 0 N–H and O–H groups in total. The fourth-order valence-electron chi connectivity index (χ4n) is 4.54. The van der Waals surface area contributed by atoms with Gasteiger partial charge in [0, 0.05) is 44.6 Å². The molecule has 30 heavy (non-hydrogen) atoms. The second kappa shape index (κ2) is 8.63. The van der Waals surface area contributed by atoms with Gasteiger partial charge in [0.15, 0.2) is 0 Å². The molecule has 1 aromatic carbocycles. The summed E-state index contributed by atoms with van der Waals surface area (Å²) >= 11 is 0. The molecule has 0 radical (unpaired) electrons. The summed E-state index contributed by atoms with van der Waals surface area (Å²) in [4.78, 5) is 17.7. The third kappa shape index (κ3) is 3.76. The molecule has 1 aromatic heterocycles. The van der Waals surface area contributed by atoms with E-state index in [4.69, 9.17) is 9.47 Å². The summed E-state index contributed by atoms with van der Waals surface area (Å²) < 4.78 is 13.1. The highest BCUT2D eigenvalue weighted by molar-refractivity contribution is 5.99. The minimum atomic E-state index is -0.0728. The van der Waals surface area contributed by atoms with Crippen molar-refractivity contribution >= 4 is 5.91 Å². The molecule has 1 saturated heterocycles. The highest BCUT2D eigenvalue weighted by Gasteiger charge is 2.32. The zero-order chi connectivity index (χ0) is 21.3. The van der Waals surface area contributed by atoms with Gasteiger partial charge >= 0.3 is 0 Å². The van der Waals surface area contributed by atoms with Crippen LogP contribution < -0.4 is 9.47 Å². The van der Waals surface area contributed by atoms with Crippen LogP contribution in [0.4, 0.5) is 0 Å². The molecule has 1 atom stereocenters. The number of fused-ring (bicyclic) bond motifs is 1. The van der Waals surface area contributed by atoms with Gasteiger partial charge in [0.1, 0.15) is 28.7 Å². The first-order chi connectivity index (χ1) is 14.5. The molecule has 162 valence electrons. The van der Waals surface area contributed by atoms with E-state index < -0.39 is 0 Å². The Hall–Kier alpha value is -2.61. The number of benzene rings is 1. The Balaban J connectivity index is 1.52. The first kappa shape index (κ1) is 20.7.